The van der Waals surface area contributed by atoms with Crippen LogP contribution in [0.15, 0.2) is 0 Å². The lowest BCUT2D eigenvalue weighted by atomic mass is 10.7. The summed E-state index contributed by atoms with van der Waals surface area (Å²) in [6.45, 7) is 2.39. The lowest BCUT2D eigenvalue weighted by Gasteiger charge is -2.15. The average Bonchev–Trinajstić information content (AvgIpc) is 2.20. The molecule has 0 fully saturated rings. The van der Waals surface area contributed by atoms with Crippen molar-refractivity contribution in [2.24, 2.45) is 0 Å². The summed E-state index contributed by atoms with van der Waals surface area (Å²) < 4.78 is 13.9. The van der Waals surface area contributed by atoms with Crippen molar-refractivity contribution in [3.8, 4) is 0 Å². The maximum Gasteiger partial charge on any atom is 0.315 e. The second-order valence-electron chi connectivity index (χ2n) is 2.73. The minimum absolute atomic E-state index is 0.0235. The molecule has 0 saturated heterocycles. The monoisotopic (exact) mass is 250 g/mol. The van der Waals surface area contributed by atoms with E-state index >= 15 is 0 Å². The first-order chi connectivity index (χ1) is 7.45. The Hall–Kier alpha value is -1.24. The molecule has 0 spiro atoms. The van der Waals surface area contributed by atoms with Crippen molar-refractivity contribution >= 4 is 29.7 Å². The van der Waals surface area contributed by atoms with Gasteiger partial charge in [0, 0.05) is 13.8 Å². The Kier molecular flexibility index (Phi) is 7.36. The quantitative estimate of drug-likeness (QED) is 0.382. The molecule has 0 rings (SSSR count). The van der Waals surface area contributed by atoms with Gasteiger partial charge >= 0.3 is 17.9 Å². The van der Waals surface area contributed by atoms with Gasteiger partial charge in [-0.2, -0.15) is 0 Å². The molecule has 16 heavy (non-hydrogen) atoms. The van der Waals surface area contributed by atoms with E-state index in [1.807, 2.05) is 0 Å². The van der Waals surface area contributed by atoms with Crippen LogP contribution in [0.4, 0.5) is 0 Å². The number of ether oxygens (including phenoxy) is 3. The zero-order valence-electron chi connectivity index (χ0n) is 9.35. The smallest absolute Gasteiger partial charge is 0.315 e. The van der Waals surface area contributed by atoms with Gasteiger partial charge in [-0.05, 0) is 0 Å². The molecule has 0 bridgehead atoms. The number of carbonyl (C=O) groups excluding carboxylic acids is 3. The number of hydrogen-bond acceptors (Lipinski definition) is 7. The minimum Gasteiger partial charge on any atom is -0.468 e. The molecule has 0 radical (unpaired) electrons. The Morgan fingerprint density at radius 3 is 2.25 bits per heavy atom. The van der Waals surface area contributed by atoms with Crippen LogP contribution in [0.1, 0.15) is 13.8 Å². The first kappa shape index (κ1) is 14.8. The molecule has 0 aliphatic rings. The summed E-state index contributed by atoms with van der Waals surface area (Å²) >= 11 is 1.03. The van der Waals surface area contributed by atoms with Crippen LogP contribution in [0.2, 0.25) is 0 Å². The molecular weight excluding hydrogens is 236 g/mol. The van der Waals surface area contributed by atoms with Gasteiger partial charge in [-0.3, -0.25) is 14.4 Å². The highest BCUT2D eigenvalue weighted by atomic mass is 32.2. The summed E-state index contributed by atoms with van der Waals surface area (Å²) in [5.74, 6) is -1.40. The average molecular weight is 250 g/mol. The van der Waals surface area contributed by atoms with Crippen molar-refractivity contribution in [1.82, 2.24) is 0 Å². The molecule has 0 heterocycles. The number of rotatable bonds is 6. The summed E-state index contributed by atoms with van der Waals surface area (Å²) in [5, 5.41) is 0. The molecule has 7 heteroatoms. The Balaban J connectivity index is 4.04. The van der Waals surface area contributed by atoms with E-state index in [0.717, 1.165) is 11.8 Å². The normalized spacial score (nSPS) is 11.4. The number of esters is 3. The van der Waals surface area contributed by atoms with E-state index in [2.05, 4.69) is 9.47 Å². The summed E-state index contributed by atoms with van der Waals surface area (Å²) in [6, 6.07) is 0. The fourth-order valence-corrected chi connectivity index (χ4v) is 1.51. The van der Waals surface area contributed by atoms with Crippen molar-refractivity contribution in [2.45, 2.75) is 19.3 Å². The van der Waals surface area contributed by atoms with Crippen LogP contribution in [0.5, 0.6) is 0 Å². The molecule has 0 aromatic carbocycles. The van der Waals surface area contributed by atoms with Crippen LogP contribution in [0.3, 0.4) is 0 Å². The zero-order chi connectivity index (χ0) is 12.6. The third kappa shape index (κ3) is 8.10. The molecule has 0 unspecified atom stereocenters. The van der Waals surface area contributed by atoms with E-state index in [-0.39, 0.29) is 12.4 Å². The van der Waals surface area contributed by atoms with E-state index in [0.29, 0.717) is 0 Å². The predicted octanol–water partition coefficient (Wildman–Crippen LogP) is 0.345. The second-order valence-corrected chi connectivity index (χ2v) is 3.88. The maximum absolute atomic E-state index is 10.8. The Bertz CT molecular complexity index is 265. The Morgan fingerprint density at radius 2 is 1.81 bits per heavy atom. The number of carbonyl (C=O) groups is 3. The Labute approximate surface area is 97.6 Å². The van der Waals surface area contributed by atoms with Gasteiger partial charge in [0.05, 0.1) is 12.9 Å². The van der Waals surface area contributed by atoms with Crippen LogP contribution in [0.25, 0.3) is 0 Å². The highest BCUT2D eigenvalue weighted by molar-refractivity contribution is 8.00. The van der Waals surface area contributed by atoms with Crippen LogP contribution in [-0.4, -0.2) is 42.8 Å². The van der Waals surface area contributed by atoms with Gasteiger partial charge in [0.2, 0.25) is 0 Å². The van der Waals surface area contributed by atoms with Gasteiger partial charge in [0.25, 0.3) is 0 Å². The minimum atomic E-state index is -0.694. The van der Waals surface area contributed by atoms with Crippen LogP contribution in [-0.2, 0) is 28.6 Å². The van der Waals surface area contributed by atoms with Gasteiger partial charge in [-0.1, -0.05) is 0 Å². The van der Waals surface area contributed by atoms with E-state index in [1.54, 1.807) is 0 Å². The van der Waals surface area contributed by atoms with Gasteiger partial charge in [0.1, 0.15) is 6.61 Å². The maximum atomic E-state index is 10.8. The van der Waals surface area contributed by atoms with Crippen LogP contribution in [0, 0.1) is 0 Å². The summed E-state index contributed by atoms with van der Waals surface area (Å²) in [6.07, 6.45) is 0. The van der Waals surface area contributed by atoms with Crippen LogP contribution >= 0.6 is 11.8 Å². The van der Waals surface area contributed by atoms with E-state index < -0.39 is 23.3 Å². The van der Waals surface area contributed by atoms with E-state index in [9.17, 15) is 14.4 Å². The lowest BCUT2D eigenvalue weighted by molar-refractivity contribution is -0.151. The molecule has 0 aliphatic heterocycles. The zero-order valence-corrected chi connectivity index (χ0v) is 10.2. The van der Waals surface area contributed by atoms with Crippen molar-refractivity contribution in [2.75, 3.05) is 19.5 Å². The molecule has 0 aromatic heterocycles. The predicted molar refractivity (Wildman–Crippen MR) is 56.7 cm³/mol. The topological polar surface area (TPSA) is 78.9 Å². The fraction of sp³-hybridized carbons (Fsp3) is 0.667. The van der Waals surface area contributed by atoms with Crippen molar-refractivity contribution in [3.63, 3.8) is 0 Å². The molecule has 92 valence electrons. The standard InChI is InChI=1S/C9H14O6S/c1-6(10)14-4-9(15-7(2)11)16-5-8(12)13-3/h9H,4-5H2,1-3H3/t9-/m1/s1. The van der Waals surface area contributed by atoms with Gasteiger partial charge in [0.15, 0.2) is 5.44 Å². The molecular formula is C9H14O6S. The number of methoxy groups -OCH3 is 1. The van der Waals surface area contributed by atoms with Crippen molar-refractivity contribution in [3.05, 3.63) is 0 Å². The largest absolute Gasteiger partial charge is 0.468 e. The fourth-order valence-electron chi connectivity index (χ4n) is 0.707. The third-order valence-electron chi connectivity index (χ3n) is 1.33. The highest BCUT2D eigenvalue weighted by Crippen LogP contribution is 2.13. The first-order valence-corrected chi connectivity index (χ1v) is 5.49. The number of thioether (sulfide) groups is 1. The first-order valence-electron chi connectivity index (χ1n) is 4.44. The van der Waals surface area contributed by atoms with Crippen molar-refractivity contribution in [1.29, 1.82) is 0 Å². The number of hydrogen-bond donors (Lipinski definition) is 0. The summed E-state index contributed by atoms with van der Waals surface area (Å²) in [4.78, 5) is 32.1. The van der Waals surface area contributed by atoms with Crippen LogP contribution < -0.4 is 0 Å². The van der Waals surface area contributed by atoms with Gasteiger partial charge in [-0.25, -0.2) is 0 Å². The van der Waals surface area contributed by atoms with Gasteiger partial charge in [-0.15, -0.1) is 11.8 Å². The summed E-state index contributed by atoms with van der Waals surface area (Å²) in [5.41, 5.74) is -0.694. The molecule has 0 amide bonds. The van der Waals surface area contributed by atoms with Crippen molar-refractivity contribution < 1.29 is 28.6 Å². The molecule has 0 saturated carbocycles. The third-order valence-corrected chi connectivity index (χ3v) is 2.34. The van der Waals surface area contributed by atoms with E-state index in [4.69, 9.17) is 4.74 Å². The van der Waals surface area contributed by atoms with E-state index in [1.165, 1.54) is 21.0 Å². The molecule has 0 N–H and O–H groups in total. The Morgan fingerprint density at radius 1 is 1.19 bits per heavy atom. The molecule has 0 aliphatic carbocycles. The molecule has 6 nitrogen and oxygen atoms in total. The SMILES string of the molecule is COC(=O)CS[C@H](COC(C)=O)OC(C)=O. The lowest BCUT2D eigenvalue weighted by Crippen LogP contribution is -2.22. The highest BCUT2D eigenvalue weighted by Gasteiger charge is 2.16. The van der Waals surface area contributed by atoms with Gasteiger partial charge < -0.3 is 14.2 Å². The second kappa shape index (κ2) is 7.98. The molecule has 1 atom stereocenters. The molecule has 0 aromatic rings. The summed E-state index contributed by atoms with van der Waals surface area (Å²) in [7, 11) is 1.26.